The molecule has 0 fully saturated rings. The van der Waals surface area contributed by atoms with Gasteiger partial charge in [0.1, 0.15) is 0 Å². The molecule has 2 unspecified atom stereocenters. The molecule has 0 heterocycles. The molecule has 2 atom stereocenters. The van der Waals surface area contributed by atoms with Gasteiger partial charge < -0.3 is 11.5 Å². The van der Waals surface area contributed by atoms with Gasteiger partial charge in [0, 0.05) is 6.04 Å². The number of hydrogen-bond donors (Lipinski definition) is 2. The number of unbranched alkanes of at least 4 members (excludes halogenated alkanes) is 1. The number of rotatable bonds is 7. The predicted octanol–water partition coefficient (Wildman–Crippen LogP) is 1.88. The highest BCUT2D eigenvalue weighted by Crippen LogP contribution is 2.16. The molecule has 0 aromatic heterocycles. The number of nitrogens with two attached hydrogens (primary N) is 2. The minimum atomic E-state index is 0.396. The van der Waals surface area contributed by atoms with Crippen molar-refractivity contribution in [1.29, 1.82) is 0 Å². The Balaban J connectivity index is 3.52. The molecule has 2 nitrogen and oxygen atoms in total. The Hall–Kier alpha value is -0.0800. The zero-order valence-electron chi connectivity index (χ0n) is 8.55. The molecular weight excluding hydrogens is 148 g/mol. The van der Waals surface area contributed by atoms with Gasteiger partial charge >= 0.3 is 0 Å². The highest BCUT2D eigenvalue weighted by molar-refractivity contribution is 4.70. The van der Waals surface area contributed by atoms with Crippen LogP contribution < -0.4 is 11.5 Å². The smallest absolute Gasteiger partial charge is 0.00644 e. The Labute approximate surface area is 76.7 Å². The zero-order chi connectivity index (χ0) is 9.40. The van der Waals surface area contributed by atoms with Crippen LogP contribution in [0, 0.1) is 5.92 Å². The van der Waals surface area contributed by atoms with Crippen LogP contribution >= 0.6 is 0 Å². The maximum atomic E-state index is 5.98. The van der Waals surface area contributed by atoms with E-state index in [1.54, 1.807) is 0 Å². The average molecular weight is 172 g/mol. The van der Waals surface area contributed by atoms with Gasteiger partial charge in [0.15, 0.2) is 0 Å². The first kappa shape index (κ1) is 11.9. The van der Waals surface area contributed by atoms with Crippen molar-refractivity contribution in [2.75, 3.05) is 6.54 Å². The lowest BCUT2D eigenvalue weighted by Gasteiger charge is -2.20. The monoisotopic (exact) mass is 172 g/mol. The van der Waals surface area contributed by atoms with E-state index in [9.17, 15) is 0 Å². The average Bonchev–Trinajstić information content (AvgIpc) is 2.11. The Morgan fingerprint density at radius 2 is 1.75 bits per heavy atom. The van der Waals surface area contributed by atoms with Crippen molar-refractivity contribution in [2.45, 2.75) is 52.0 Å². The lowest BCUT2D eigenvalue weighted by molar-refractivity contribution is 0.362. The summed E-state index contributed by atoms with van der Waals surface area (Å²) in [6, 6.07) is 0.396. The summed E-state index contributed by atoms with van der Waals surface area (Å²) in [5.41, 5.74) is 11.4. The molecule has 0 aliphatic carbocycles. The fourth-order valence-corrected chi connectivity index (χ4v) is 1.61. The van der Waals surface area contributed by atoms with Gasteiger partial charge in [0.2, 0.25) is 0 Å². The molecule has 0 aromatic carbocycles. The molecule has 0 aromatic rings. The Morgan fingerprint density at radius 3 is 2.17 bits per heavy atom. The third kappa shape index (κ3) is 4.73. The first-order chi connectivity index (χ1) is 5.76. The van der Waals surface area contributed by atoms with Gasteiger partial charge in [-0.2, -0.15) is 0 Å². The first-order valence-corrected chi connectivity index (χ1v) is 5.21. The Morgan fingerprint density at radius 1 is 1.08 bits per heavy atom. The van der Waals surface area contributed by atoms with Crippen molar-refractivity contribution in [2.24, 2.45) is 17.4 Å². The summed E-state index contributed by atoms with van der Waals surface area (Å²) in [5, 5.41) is 0. The highest BCUT2D eigenvalue weighted by Gasteiger charge is 2.12. The van der Waals surface area contributed by atoms with Gasteiger partial charge in [-0.3, -0.25) is 0 Å². The lowest BCUT2D eigenvalue weighted by atomic mass is 9.90. The molecule has 12 heavy (non-hydrogen) atoms. The van der Waals surface area contributed by atoms with Crippen LogP contribution in [0.5, 0.6) is 0 Å². The van der Waals surface area contributed by atoms with Crippen LogP contribution in [0.4, 0.5) is 0 Å². The van der Waals surface area contributed by atoms with E-state index in [-0.39, 0.29) is 0 Å². The third-order valence-electron chi connectivity index (χ3n) is 2.63. The molecule has 0 amide bonds. The fraction of sp³-hybridized carbons (Fsp3) is 1.00. The van der Waals surface area contributed by atoms with E-state index in [0.717, 1.165) is 19.4 Å². The predicted molar refractivity (Wildman–Crippen MR) is 55.0 cm³/mol. The fourth-order valence-electron chi connectivity index (χ4n) is 1.61. The van der Waals surface area contributed by atoms with Crippen LogP contribution in [0.2, 0.25) is 0 Å². The van der Waals surface area contributed by atoms with E-state index < -0.39 is 0 Å². The summed E-state index contributed by atoms with van der Waals surface area (Å²) in [7, 11) is 0. The molecule has 2 heteroatoms. The van der Waals surface area contributed by atoms with E-state index >= 15 is 0 Å². The molecule has 4 N–H and O–H groups in total. The molecular formula is C10H24N2. The molecule has 74 valence electrons. The minimum Gasteiger partial charge on any atom is -0.330 e. The summed E-state index contributed by atoms with van der Waals surface area (Å²) in [6.07, 6.45) is 5.94. The summed E-state index contributed by atoms with van der Waals surface area (Å²) < 4.78 is 0. The largest absolute Gasteiger partial charge is 0.330 e. The second-order valence-electron chi connectivity index (χ2n) is 3.52. The van der Waals surface area contributed by atoms with Crippen LogP contribution in [-0.4, -0.2) is 12.6 Å². The molecule has 0 bridgehead atoms. The Bertz CT molecular complexity index is 93.8. The summed E-state index contributed by atoms with van der Waals surface area (Å²) in [4.78, 5) is 0. The van der Waals surface area contributed by atoms with E-state index in [1.165, 1.54) is 19.3 Å². The van der Waals surface area contributed by atoms with Crippen molar-refractivity contribution >= 4 is 0 Å². The molecule has 0 radical (unpaired) electrons. The van der Waals surface area contributed by atoms with Gasteiger partial charge in [-0.15, -0.1) is 0 Å². The summed E-state index contributed by atoms with van der Waals surface area (Å²) in [6.45, 7) is 5.21. The molecule has 0 rings (SSSR count). The summed E-state index contributed by atoms with van der Waals surface area (Å²) >= 11 is 0. The van der Waals surface area contributed by atoms with Gasteiger partial charge in [-0.25, -0.2) is 0 Å². The van der Waals surface area contributed by atoms with Crippen LogP contribution in [0.25, 0.3) is 0 Å². The molecule has 0 aliphatic rings. The topological polar surface area (TPSA) is 52.0 Å². The van der Waals surface area contributed by atoms with Gasteiger partial charge in [-0.05, 0) is 31.7 Å². The van der Waals surface area contributed by atoms with Crippen LogP contribution in [0.3, 0.4) is 0 Å². The normalized spacial score (nSPS) is 16.0. The van der Waals surface area contributed by atoms with E-state index in [0.29, 0.717) is 12.0 Å². The summed E-state index contributed by atoms with van der Waals surface area (Å²) in [5.74, 6) is 0.710. The minimum absolute atomic E-state index is 0.396. The number of hydrogen-bond acceptors (Lipinski definition) is 2. The zero-order valence-corrected chi connectivity index (χ0v) is 8.55. The second-order valence-corrected chi connectivity index (χ2v) is 3.52. The maximum Gasteiger partial charge on any atom is 0.00644 e. The van der Waals surface area contributed by atoms with Crippen LogP contribution in [-0.2, 0) is 0 Å². The quantitative estimate of drug-likeness (QED) is 0.576. The van der Waals surface area contributed by atoms with Crippen LogP contribution in [0.15, 0.2) is 0 Å². The van der Waals surface area contributed by atoms with Crippen molar-refractivity contribution < 1.29 is 0 Å². The second kappa shape index (κ2) is 7.56. The SMILES string of the molecule is CCC(N)C(CC)CCCCN. The maximum absolute atomic E-state index is 5.98. The van der Waals surface area contributed by atoms with Crippen molar-refractivity contribution in [1.82, 2.24) is 0 Å². The standard InChI is InChI=1S/C10H24N2/c1-3-9(10(12)4-2)7-5-6-8-11/h9-10H,3-8,11-12H2,1-2H3. The highest BCUT2D eigenvalue weighted by atomic mass is 14.6. The molecule has 0 saturated heterocycles. The van der Waals surface area contributed by atoms with Crippen molar-refractivity contribution in [3.63, 3.8) is 0 Å². The van der Waals surface area contributed by atoms with Gasteiger partial charge in [-0.1, -0.05) is 26.7 Å². The molecule has 0 saturated carbocycles. The molecule has 0 aliphatic heterocycles. The van der Waals surface area contributed by atoms with Gasteiger partial charge in [0.25, 0.3) is 0 Å². The Kier molecular flexibility index (Phi) is 7.51. The van der Waals surface area contributed by atoms with Crippen molar-refractivity contribution in [3.05, 3.63) is 0 Å². The molecule has 0 spiro atoms. The van der Waals surface area contributed by atoms with E-state index in [2.05, 4.69) is 13.8 Å². The van der Waals surface area contributed by atoms with E-state index in [1.807, 2.05) is 0 Å². The van der Waals surface area contributed by atoms with Crippen LogP contribution in [0.1, 0.15) is 46.0 Å². The third-order valence-corrected chi connectivity index (χ3v) is 2.63. The lowest BCUT2D eigenvalue weighted by Crippen LogP contribution is -2.28. The van der Waals surface area contributed by atoms with Gasteiger partial charge in [0.05, 0.1) is 0 Å². The van der Waals surface area contributed by atoms with E-state index in [4.69, 9.17) is 11.5 Å². The first-order valence-electron chi connectivity index (χ1n) is 5.21. The van der Waals surface area contributed by atoms with Crippen molar-refractivity contribution in [3.8, 4) is 0 Å².